The predicted molar refractivity (Wildman–Crippen MR) is 61.1 cm³/mol. The number of ketones is 1. The molecule has 2 atom stereocenters. The highest BCUT2D eigenvalue weighted by molar-refractivity contribution is 6.02. The summed E-state index contributed by atoms with van der Waals surface area (Å²) in [6, 6.07) is 8.45. The number of carbonyl (C=O) groups is 1. The molecule has 0 N–H and O–H groups in total. The molecule has 1 fully saturated rings. The summed E-state index contributed by atoms with van der Waals surface area (Å²) in [5.74, 6) is 0.267. The van der Waals surface area contributed by atoms with E-state index in [1.807, 2.05) is 31.2 Å². The normalized spacial score (nSPS) is 24.3. The van der Waals surface area contributed by atoms with Crippen LogP contribution in [0, 0.1) is 6.92 Å². The lowest BCUT2D eigenvalue weighted by Crippen LogP contribution is -2.18. The molecule has 1 aliphatic rings. The lowest BCUT2D eigenvalue weighted by Gasteiger charge is -2.06. The van der Waals surface area contributed by atoms with E-state index in [9.17, 15) is 4.79 Å². The van der Waals surface area contributed by atoms with Gasteiger partial charge in [-0.1, -0.05) is 29.8 Å². The third kappa shape index (κ3) is 2.10. The van der Waals surface area contributed by atoms with E-state index in [1.165, 1.54) is 5.56 Å². The highest BCUT2D eigenvalue weighted by atomic mass is 16.1. The second-order valence-corrected chi connectivity index (χ2v) is 4.54. The van der Waals surface area contributed by atoms with Crippen molar-refractivity contribution in [2.45, 2.75) is 32.9 Å². The van der Waals surface area contributed by atoms with Gasteiger partial charge >= 0.3 is 0 Å². The van der Waals surface area contributed by atoms with Gasteiger partial charge in [-0.2, -0.15) is 0 Å². The van der Waals surface area contributed by atoms with Gasteiger partial charge in [0, 0.05) is 18.2 Å². The van der Waals surface area contributed by atoms with Crippen LogP contribution in [-0.4, -0.2) is 29.3 Å². The Morgan fingerprint density at radius 1 is 1.33 bits per heavy atom. The van der Waals surface area contributed by atoms with Gasteiger partial charge in [-0.15, -0.1) is 0 Å². The lowest BCUT2D eigenvalue weighted by molar-refractivity contribution is 0.0970. The van der Waals surface area contributed by atoms with Crippen LogP contribution >= 0.6 is 0 Å². The van der Waals surface area contributed by atoms with Crippen molar-refractivity contribution in [3.8, 4) is 0 Å². The monoisotopic (exact) mass is 203 g/mol. The summed E-state index contributed by atoms with van der Waals surface area (Å²) < 4.78 is 0. The molecule has 80 valence electrons. The molecular weight excluding hydrogens is 186 g/mol. The molecule has 0 saturated carbocycles. The average Bonchev–Trinajstić information content (AvgIpc) is 2.97. The molecule has 1 aromatic rings. The summed E-state index contributed by atoms with van der Waals surface area (Å²) in [6.45, 7) is 7.21. The summed E-state index contributed by atoms with van der Waals surface area (Å²) in [5, 5.41) is 0. The Balaban J connectivity index is 2.07. The van der Waals surface area contributed by atoms with E-state index in [2.05, 4.69) is 18.7 Å². The smallest absolute Gasteiger partial charge is 0.181 e. The molecule has 0 aliphatic carbocycles. The van der Waals surface area contributed by atoms with E-state index >= 15 is 0 Å². The van der Waals surface area contributed by atoms with Gasteiger partial charge in [0.1, 0.15) is 0 Å². The van der Waals surface area contributed by atoms with Crippen LogP contribution in [0.4, 0.5) is 0 Å². The summed E-state index contributed by atoms with van der Waals surface area (Å²) in [5.41, 5.74) is 2.04. The lowest BCUT2D eigenvalue weighted by atomic mass is 10.1. The first-order chi connectivity index (χ1) is 7.09. The number of hydrogen-bond acceptors (Lipinski definition) is 2. The van der Waals surface area contributed by atoms with E-state index in [0.29, 0.717) is 6.04 Å². The Labute approximate surface area is 90.9 Å². The van der Waals surface area contributed by atoms with E-state index in [1.54, 1.807) is 0 Å². The minimum Gasteiger partial charge on any atom is -0.292 e. The van der Waals surface area contributed by atoms with Gasteiger partial charge in [0.25, 0.3) is 0 Å². The SMILES string of the molecule is Cc1ccc(C(=O)C2CN2C(C)C)cc1. The molecule has 1 heterocycles. The van der Waals surface area contributed by atoms with Crippen LogP contribution < -0.4 is 0 Å². The van der Waals surface area contributed by atoms with Crippen molar-refractivity contribution in [1.29, 1.82) is 0 Å². The first kappa shape index (κ1) is 10.4. The second-order valence-electron chi connectivity index (χ2n) is 4.54. The Hall–Kier alpha value is -1.15. The molecule has 1 saturated heterocycles. The molecule has 1 aromatic carbocycles. The Morgan fingerprint density at radius 3 is 2.40 bits per heavy atom. The quantitative estimate of drug-likeness (QED) is 0.554. The van der Waals surface area contributed by atoms with Crippen LogP contribution in [-0.2, 0) is 0 Å². The van der Waals surface area contributed by atoms with Crippen molar-refractivity contribution in [1.82, 2.24) is 4.90 Å². The van der Waals surface area contributed by atoms with E-state index in [-0.39, 0.29) is 11.8 Å². The minimum absolute atomic E-state index is 0.132. The van der Waals surface area contributed by atoms with Gasteiger partial charge in [0.05, 0.1) is 6.04 Å². The number of carbonyl (C=O) groups excluding carboxylic acids is 1. The van der Waals surface area contributed by atoms with Crippen molar-refractivity contribution >= 4 is 5.78 Å². The summed E-state index contributed by atoms with van der Waals surface area (Å²) in [4.78, 5) is 14.2. The van der Waals surface area contributed by atoms with Crippen molar-refractivity contribution < 1.29 is 4.79 Å². The molecule has 1 aliphatic heterocycles. The number of rotatable bonds is 3. The van der Waals surface area contributed by atoms with Crippen LogP contribution in [0.15, 0.2) is 24.3 Å². The molecule has 15 heavy (non-hydrogen) atoms. The van der Waals surface area contributed by atoms with Crippen molar-refractivity contribution in [2.24, 2.45) is 0 Å². The molecule has 0 radical (unpaired) electrons. The fourth-order valence-corrected chi connectivity index (χ4v) is 1.87. The Bertz CT molecular complexity index is 367. The number of Topliss-reactive ketones (excluding diaryl/α,β-unsaturated/α-hetero) is 1. The fourth-order valence-electron chi connectivity index (χ4n) is 1.87. The summed E-state index contributed by atoms with van der Waals surface area (Å²) >= 11 is 0. The number of nitrogens with zero attached hydrogens (tertiary/aromatic N) is 1. The van der Waals surface area contributed by atoms with Crippen molar-refractivity contribution in [2.75, 3.05) is 6.54 Å². The van der Waals surface area contributed by atoms with Crippen LogP contribution in [0.5, 0.6) is 0 Å². The highest BCUT2D eigenvalue weighted by Crippen LogP contribution is 2.24. The third-order valence-corrected chi connectivity index (χ3v) is 2.95. The van der Waals surface area contributed by atoms with Gasteiger partial charge in [-0.3, -0.25) is 9.69 Å². The largest absolute Gasteiger partial charge is 0.292 e. The van der Waals surface area contributed by atoms with Crippen LogP contribution in [0.25, 0.3) is 0 Å². The maximum absolute atomic E-state index is 12.0. The Morgan fingerprint density at radius 2 is 1.93 bits per heavy atom. The summed E-state index contributed by atoms with van der Waals surface area (Å²) in [6.07, 6.45) is 0. The highest BCUT2D eigenvalue weighted by Gasteiger charge is 2.41. The molecule has 2 rings (SSSR count). The van der Waals surface area contributed by atoms with Gasteiger partial charge in [-0.25, -0.2) is 0 Å². The molecule has 0 spiro atoms. The maximum atomic E-state index is 12.0. The molecule has 0 aromatic heterocycles. The van der Waals surface area contributed by atoms with Gasteiger partial charge in [0.15, 0.2) is 5.78 Å². The van der Waals surface area contributed by atoms with Crippen LogP contribution in [0.3, 0.4) is 0 Å². The molecule has 0 amide bonds. The molecule has 0 bridgehead atoms. The zero-order valence-corrected chi connectivity index (χ0v) is 9.53. The molecule has 2 nitrogen and oxygen atoms in total. The fraction of sp³-hybridized carbons (Fsp3) is 0.462. The van der Waals surface area contributed by atoms with Crippen LogP contribution in [0.2, 0.25) is 0 Å². The minimum atomic E-state index is 0.132. The topological polar surface area (TPSA) is 20.1 Å². The molecular formula is C13H17NO. The van der Waals surface area contributed by atoms with Crippen LogP contribution in [0.1, 0.15) is 29.8 Å². The standard InChI is InChI=1S/C13H17NO/c1-9(2)14-8-12(14)13(15)11-6-4-10(3)5-7-11/h4-7,9,12H,8H2,1-3H3. The Kier molecular flexibility index (Phi) is 2.61. The summed E-state index contributed by atoms with van der Waals surface area (Å²) in [7, 11) is 0. The number of benzene rings is 1. The first-order valence-electron chi connectivity index (χ1n) is 5.46. The zero-order valence-electron chi connectivity index (χ0n) is 9.53. The average molecular weight is 203 g/mol. The number of hydrogen-bond donors (Lipinski definition) is 0. The third-order valence-electron chi connectivity index (χ3n) is 2.95. The van der Waals surface area contributed by atoms with Gasteiger partial charge in [-0.05, 0) is 20.8 Å². The number of aryl methyl sites for hydroxylation is 1. The van der Waals surface area contributed by atoms with E-state index in [0.717, 1.165) is 12.1 Å². The second kappa shape index (κ2) is 3.78. The first-order valence-corrected chi connectivity index (χ1v) is 5.46. The molecule has 2 heteroatoms. The van der Waals surface area contributed by atoms with Gasteiger partial charge in [0.2, 0.25) is 0 Å². The van der Waals surface area contributed by atoms with Crippen molar-refractivity contribution in [3.63, 3.8) is 0 Å². The maximum Gasteiger partial charge on any atom is 0.181 e. The van der Waals surface area contributed by atoms with Gasteiger partial charge < -0.3 is 0 Å². The predicted octanol–water partition coefficient (Wildman–Crippen LogP) is 2.27. The van der Waals surface area contributed by atoms with E-state index < -0.39 is 0 Å². The molecule has 2 unspecified atom stereocenters. The van der Waals surface area contributed by atoms with E-state index in [4.69, 9.17) is 0 Å². The zero-order chi connectivity index (χ0) is 11.0. The van der Waals surface area contributed by atoms with Crippen molar-refractivity contribution in [3.05, 3.63) is 35.4 Å².